The molecule has 1 aliphatic rings. The van der Waals surface area contributed by atoms with Crippen molar-refractivity contribution in [2.24, 2.45) is 0 Å². The van der Waals surface area contributed by atoms with Crippen molar-refractivity contribution in [2.75, 3.05) is 5.73 Å². The fraction of sp³-hybridized carbons (Fsp3) is 0.100. The third-order valence-electron chi connectivity index (χ3n) is 4.48. The Morgan fingerprint density at radius 1 is 1.12 bits per heavy atom. The van der Waals surface area contributed by atoms with Crippen LogP contribution in [0.3, 0.4) is 0 Å². The van der Waals surface area contributed by atoms with Crippen LogP contribution in [0.15, 0.2) is 63.9 Å². The van der Waals surface area contributed by atoms with Crippen molar-refractivity contribution in [1.29, 1.82) is 0 Å². The van der Waals surface area contributed by atoms with Gasteiger partial charge in [-0.05, 0) is 41.3 Å². The molecule has 1 aliphatic carbocycles. The highest BCUT2D eigenvalue weighted by Crippen LogP contribution is 2.40. The van der Waals surface area contributed by atoms with E-state index in [1.54, 1.807) is 0 Å². The molecular formula is C20H16BrN3O. The first-order chi connectivity index (χ1) is 12.1. The van der Waals surface area contributed by atoms with Crippen molar-refractivity contribution < 1.29 is 0 Å². The van der Waals surface area contributed by atoms with E-state index in [0.29, 0.717) is 11.3 Å². The van der Waals surface area contributed by atoms with Crippen LogP contribution in [0.1, 0.15) is 34.7 Å². The van der Waals surface area contributed by atoms with Crippen LogP contribution in [0, 0.1) is 0 Å². The van der Waals surface area contributed by atoms with Gasteiger partial charge in [0, 0.05) is 10.4 Å². The minimum absolute atomic E-state index is 0.0652. The van der Waals surface area contributed by atoms with Gasteiger partial charge in [-0.3, -0.25) is 9.78 Å². The third-order valence-corrected chi connectivity index (χ3v) is 4.98. The molecule has 0 saturated carbocycles. The van der Waals surface area contributed by atoms with E-state index in [-0.39, 0.29) is 17.4 Å². The van der Waals surface area contributed by atoms with Crippen molar-refractivity contribution in [3.8, 4) is 0 Å². The van der Waals surface area contributed by atoms with E-state index in [0.717, 1.165) is 27.6 Å². The molecule has 0 fully saturated rings. The molecule has 4 rings (SSSR count). The number of benzene rings is 2. The second-order valence-corrected chi connectivity index (χ2v) is 7.01. The van der Waals surface area contributed by atoms with Crippen LogP contribution in [0.5, 0.6) is 0 Å². The Labute approximate surface area is 153 Å². The predicted molar refractivity (Wildman–Crippen MR) is 104 cm³/mol. The third kappa shape index (κ3) is 3.03. The zero-order chi connectivity index (χ0) is 17.4. The summed E-state index contributed by atoms with van der Waals surface area (Å²) in [6, 6.07) is 18.2. The molecule has 0 bridgehead atoms. The Kier molecular flexibility index (Phi) is 4.01. The summed E-state index contributed by atoms with van der Waals surface area (Å²) in [4.78, 5) is 19.6. The number of nitrogen functional groups attached to an aromatic ring is 1. The van der Waals surface area contributed by atoms with Crippen molar-refractivity contribution >= 4 is 33.5 Å². The van der Waals surface area contributed by atoms with Gasteiger partial charge in [-0.1, -0.05) is 58.4 Å². The Bertz CT molecular complexity index is 1020. The number of aromatic amines is 1. The average molecular weight is 394 g/mol. The quantitative estimate of drug-likeness (QED) is 0.685. The van der Waals surface area contributed by atoms with Crippen LogP contribution in [0.4, 0.5) is 5.95 Å². The van der Waals surface area contributed by atoms with Crippen LogP contribution >= 0.6 is 15.9 Å². The van der Waals surface area contributed by atoms with Crippen molar-refractivity contribution in [2.45, 2.75) is 12.3 Å². The van der Waals surface area contributed by atoms with Gasteiger partial charge < -0.3 is 5.73 Å². The van der Waals surface area contributed by atoms with Gasteiger partial charge in [0.2, 0.25) is 5.95 Å². The molecule has 0 spiro atoms. The lowest BCUT2D eigenvalue weighted by Crippen LogP contribution is -2.24. The van der Waals surface area contributed by atoms with Gasteiger partial charge in [0.1, 0.15) is 0 Å². The number of fused-ring (bicyclic) bond motifs is 1. The highest BCUT2D eigenvalue weighted by molar-refractivity contribution is 9.10. The zero-order valence-electron chi connectivity index (χ0n) is 13.4. The number of halogens is 1. The molecule has 0 aliphatic heterocycles. The molecule has 5 heteroatoms. The van der Waals surface area contributed by atoms with E-state index >= 15 is 0 Å². The van der Waals surface area contributed by atoms with Crippen molar-refractivity contribution in [1.82, 2.24) is 9.97 Å². The second-order valence-electron chi connectivity index (χ2n) is 6.10. The highest BCUT2D eigenvalue weighted by atomic mass is 79.9. The summed E-state index contributed by atoms with van der Waals surface area (Å²) in [5.74, 6) is 0.0758. The van der Waals surface area contributed by atoms with Gasteiger partial charge in [-0.25, -0.2) is 4.98 Å². The first kappa shape index (κ1) is 15.8. The van der Waals surface area contributed by atoms with Crippen LogP contribution in [-0.2, 0) is 0 Å². The number of allylic oxidation sites excluding steroid dienone is 1. The fourth-order valence-electron chi connectivity index (χ4n) is 3.37. The van der Waals surface area contributed by atoms with Gasteiger partial charge in [0.25, 0.3) is 5.56 Å². The number of aromatic nitrogens is 2. The molecule has 1 unspecified atom stereocenters. The summed E-state index contributed by atoms with van der Waals surface area (Å²) >= 11 is 3.52. The summed E-state index contributed by atoms with van der Waals surface area (Å²) < 4.78 is 0.988. The molecule has 4 nitrogen and oxygen atoms in total. The van der Waals surface area contributed by atoms with E-state index in [1.807, 2.05) is 42.5 Å². The Morgan fingerprint density at radius 2 is 1.92 bits per heavy atom. The maximum Gasteiger partial charge on any atom is 0.256 e. The largest absolute Gasteiger partial charge is 0.369 e. The van der Waals surface area contributed by atoms with Gasteiger partial charge in [0.05, 0.1) is 11.3 Å². The van der Waals surface area contributed by atoms with E-state index in [4.69, 9.17) is 5.73 Å². The van der Waals surface area contributed by atoms with E-state index in [1.165, 1.54) is 0 Å². The van der Waals surface area contributed by atoms with Gasteiger partial charge >= 0.3 is 0 Å². The van der Waals surface area contributed by atoms with Gasteiger partial charge in [-0.15, -0.1) is 0 Å². The number of nitrogens with one attached hydrogen (secondary N) is 1. The lowest BCUT2D eigenvalue weighted by atomic mass is 9.79. The zero-order valence-corrected chi connectivity index (χ0v) is 15.0. The standard InChI is InChI=1S/C20H16BrN3O/c21-15-8-4-7-13(9-15)16-10-14(12-5-2-1-3-6-12)11-17-18(16)19(25)24-20(22)23-17/h1-9,11,16H,10H2,(H3,22,23,24,25). The summed E-state index contributed by atoms with van der Waals surface area (Å²) in [7, 11) is 0. The normalized spacial score (nSPS) is 16.2. The Hall–Kier alpha value is -2.66. The Morgan fingerprint density at radius 3 is 2.68 bits per heavy atom. The fourth-order valence-corrected chi connectivity index (χ4v) is 3.79. The number of hydrogen-bond acceptors (Lipinski definition) is 3. The smallest absolute Gasteiger partial charge is 0.256 e. The lowest BCUT2D eigenvalue weighted by molar-refractivity contribution is 0.799. The minimum Gasteiger partial charge on any atom is -0.369 e. The number of rotatable bonds is 2. The Balaban J connectivity index is 1.92. The topological polar surface area (TPSA) is 71.8 Å². The molecule has 0 saturated heterocycles. The molecule has 0 amide bonds. The van der Waals surface area contributed by atoms with Crippen LogP contribution < -0.4 is 11.3 Å². The SMILES string of the molecule is Nc1nc2c(c(=O)[nH]1)C(c1cccc(Br)c1)CC(c1ccccc1)=C2. The summed E-state index contributed by atoms with van der Waals surface area (Å²) in [6.45, 7) is 0. The molecule has 124 valence electrons. The van der Waals surface area contributed by atoms with Crippen LogP contribution in [0.25, 0.3) is 11.6 Å². The first-order valence-electron chi connectivity index (χ1n) is 8.03. The van der Waals surface area contributed by atoms with Gasteiger partial charge in [-0.2, -0.15) is 0 Å². The van der Waals surface area contributed by atoms with Gasteiger partial charge in [0.15, 0.2) is 0 Å². The number of nitrogens with two attached hydrogens (primary N) is 1. The maximum atomic E-state index is 12.6. The molecular weight excluding hydrogens is 378 g/mol. The van der Waals surface area contributed by atoms with E-state index in [2.05, 4.69) is 44.1 Å². The molecule has 3 N–H and O–H groups in total. The summed E-state index contributed by atoms with van der Waals surface area (Å²) in [5.41, 5.74) is 10.3. The molecule has 1 aromatic heterocycles. The minimum atomic E-state index is -0.171. The van der Waals surface area contributed by atoms with Crippen LogP contribution in [0.2, 0.25) is 0 Å². The lowest BCUT2D eigenvalue weighted by Gasteiger charge is -2.25. The number of anilines is 1. The average Bonchev–Trinajstić information content (AvgIpc) is 2.61. The van der Waals surface area contributed by atoms with E-state index in [9.17, 15) is 4.79 Å². The summed E-state index contributed by atoms with van der Waals surface area (Å²) in [5, 5.41) is 0. The second kappa shape index (κ2) is 6.33. The van der Waals surface area contributed by atoms with E-state index < -0.39 is 0 Å². The number of H-pyrrole nitrogens is 1. The monoisotopic (exact) mass is 393 g/mol. The maximum absolute atomic E-state index is 12.6. The molecule has 2 aromatic carbocycles. The molecule has 0 radical (unpaired) electrons. The van der Waals surface area contributed by atoms with Crippen molar-refractivity contribution in [3.05, 3.63) is 91.8 Å². The predicted octanol–water partition coefficient (Wildman–Crippen LogP) is 4.19. The molecule has 25 heavy (non-hydrogen) atoms. The highest BCUT2D eigenvalue weighted by Gasteiger charge is 2.27. The first-order valence-corrected chi connectivity index (χ1v) is 8.82. The summed E-state index contributed by atoms with van der Waals surface area (Å²) in [6.07, 6.45) is 2.72. The molecule has 3 aromatic rings. The molecule has 1 atom stereocenters. The van der Waals surface area contributed by atoms with Crippen LogP contribution in [-0.4, -0.2) is 9.97 Å². The molecule has 1 heterocycles. The number of nitrogens with zero attached hydrogens (tertiary/aromatic N) is 1. The van der Waals surface area contributed by atoms with Crippen molar-refractivity contribution in [3.63, 3.8) is 0 Å². The number of hydrogen-bond donors (Lipinski definition) is 2.